The molecule has 0 saturated heterocycles. The lowest BCUT2D eigenvalue weighted by molar-refractivity contribution is -0.116. The number of Topliss-reactive ketones (excluding diaryl/α,β-unsaturated/α-hetero) is 1. The van der Waals surface area contributed by atoms with Crippen LogP contribution in [-0.4, -0.2) is 27.7 Å². The van der Waals surface area contributed by atoms with E-state index >= 15 is 0 Å². The van der Waals surface area contributed by atoms with Crippen LogP contribution in [0.5, 0.6) is 0 Å². The molecular weight excluding hydrogens is 204 g/mol. The molecule has 3 nitrogen and oxygen atoms in total. The Balaban J connectivity index is 3.88. The SMILES string of the molecule is CC(=O)CC/C=C(\C)CCC(O)C(C)(C)O. The van der Waals surface area contributed by atoms with E-state index in [4.69, 9.17) is 0 Å². The molecule has 0 amide bonds. The first kappa shape index (κ1) is 15.3. The lowest BCUT2D eigenvalue weighted by Crippen LogP contribution is -2.35. The van der Waals surface area contributed by atoms with Crippen molar-refractivity contribution in [2.45, 2.75) is 65.1 Å². The Labute approximate surface area is 98.2 Å². The molecule has 0 bridgehead atoms. The van der Waals surface area contributed by atoms with Gasteiger partial charge in [-0.15, -0.1) is 0 Å². The van der Waals surface area contributed by atoms with Crippen molar-refractivity contribution in [3.05, 3.63) is 11.6 Å². The van der Waals surface area contributed by atoms with Crippen LogP contribution in [0.3, 0.4) is 0 Å². The third kappa shape index (κ3) is 7.60. The quantitative estimate of drug-likeness (QED) is 0.657. The van der Waals surface area contributed by atoms with Crippen molar-refractivity contribution >= 4 is 5.78 Å². The summed E-state index contributed by atoms with van der Waals surface area (Å²) in [4.78, 5) is 10.7. The van der Waals surface area contributed by atoms with Crippen molar-refractivity contribution in [2.24, 2.45) is 0 Å². The van der Waals surface area contributed by atoms with Crippen LogP contribution in [0.15, 0.2) is 11.6 Å². The molecule has 0 aromatic carbocycles. The fourth-order valence-electron chi connectivity index (χ4n) is 1.34. The molecule has 0 aliphatic rings. The molecule has 16 heavy (non-hydrogen) atoms. The number of carbonyl (C=O) groups is 1. The van der Waals surface area contributed by atoms with Crippen molar-refractivity contribution in [1.82, 2.24) is 0 Å². The molecule has 1 atom stereocenters. The fraction of sp³-hybridized carbons (Fsp3) is 0.769. The van der Waals surface area contributed by atoms with E-state index in [-0.39, 0.29) is 5.78 Å². The highest BCUT2D eigenvalue weighted by atomic mass is 16.3. The summed E-state index contributed by atoms with van der Waals surface area (Å²) in [5, 5.41) is 19.2. The van der Waals surface area contributed by atoms with Crippen LogP contribution in [0.2, 0.25) is 0 Å². The second kappa shape index (κ2) is 6.81. The van der Waals surface area contributed by atoms with Gasteiger partial charge in [-0.3, -0.25) is 0 Å². The van der Waals surface area contributed by atoms with E-state index < -0.39 is 11.7 Å². The Bertz CT molecular complexity index is 248. The van der Waals surface area contributed by atoms with Crippen molar-refractivity contribution < 1.29 is 15.0 Å². The summed E-state index contributed by atoms with van der Waals surface area (Å²) in [7, 11) is 0. The molecule has 3 heteroatoms. The smallest absolute Gasteiger partial charge is 0.130 e. The number of aliphatic hydroxyl groups is 2. The van der Waals surface area contributed by atoms with E-state index in [9.17, 15) is 15.0 Å². The maximum absolute atomic E-state index is 10.7. The van der Waals surface area contributed by atoms with Gasteiger partial charge in [-0.1, -0.05) is 11.6 Å². The molecule has 0 aliphatic carbocycles. The van der Waals surface area contributed by atoms with Crippen LogP contribution in [-0.2, 0) is 4.79 Å². The summed E-state index contributed by atoms with van der Waals surface area (Å²) in [5.41, 5.74) is 0.115. The zero-order chi connectivity index (χ0) is 12.8. The molecule has 0 aromatic rings. The molecule has 94 valence electrons. The van der Waals surface area contributed by atoms with Gasteiger partial charge in [0, 0.05) is 6.42 Å². The van der Waals surface area contributed by atoms with Gasteiger partial charge >= 0.3 is 0 Å². The maximum atomic E-state index is 10.7. The van der Waals surface area contributed by atoms with Crippen molar-refractivity contribution in [1.29, 1.82) is 0 Å². The van der Waals surface area contributed by atoms with Crippen molar-refractivity contribution in [3.8, 4) is 0 Å². The Hall–Kier alpha value is -0.670. The number of hydrogen-bond donors (Lipinski definition) is 2. The number of aliphatic hydroxyl groups excluding tert-OH is 1. The second-order valence-corrected chi connectivity index (χ2v) is 5.00. The molecule has 0 rings (SSSR count). The van der Waals surface area contributed by atoms with E-state index in [0.717, 1.165) is 18.4 Å². The minimum Gasteiger partial charge on any atom is -0.390 e. The van der Waals surface area contributed by atoms with Crippen LogP contribution >= 0.6 is 0 Å². The third-order valence-electron chi connectivity index (χ3n) is 2.62. The van der Waals surface area contributed by atoms with Crippen LogP contribution in [0.1, 0.15) is 53.4 Å². The molecule has 0 fully saturated rings. The van der Waals surface area contributed by atoms with Gasteiger partial charge in [-0.05, 0) is 47.0 Å². The average Bonchev–Trinajstić information content (AvgIpc) is 2.11. The number of allylic oxidation sites excluding steroid dienone is 2. The van der Waals surface area contributed by atoms with E-state index in [1.807, 2.05) is 13.0 Å². The van der Waals surface area contributed by atoms with Gasteiger partial charge in [0.25, 0.3) is 0 Å². The Morgan fingerprint density at radius 3 is 2.31 bits per heavy atom. The monoisotopic (exact) mass is 228 g/mol. The number of rotatable bonds is 7. The van der Waals surface area contributed by atoms with Gasteiger partial charge < -0.3 is 15.0 Å². The Kier molecular flexibility index (Phi) is 6.53. The Morgan fingerprint density at radius 1 is 1.31 bits per heavy atom. The second-order valence-electron chi connectivity index (χ2n) is 5.00. The molecule has 2 N–H and O–H groups in total. The molecule has 0 radical (unpaired) electrons. The fourth-order valence-corrected chi connectivity index (χ4v) is 1.34. The van der Waals surface area contributed by atoms with Gasteiger partial charge in [-0.25, -0.2) is 0 Å². The van der Waals surface area contributed by atoms with Crippen LogP contribution in [0.4, 0.5) is 0 Å². The van der Waals surface area contributed by atoms with Gasteiger partial charge in [0.15, 0.2) is 0 Å². The maximum Gasteiger partial charge on any atom is 0.130 e. The van der Waals surface area contributed by atoms with Crippen LogP contribution < -0.4 is 0 Å². The predicted octanol–water partition coefficient (Wildman–Crippen LogP) is 2.21. The van der Waals surface area contributed by atoms with Gasteiger partial charge in [0.05, 0.1) is 11.7 Å². The summed E-state index contributed by atoms with van der Waals surface area (Å²) in [5.74, 6) is 0.195. The third-order valence-corrected chi connectivity index (χ3v) is 2.62. The van der Waals surface area contributed by atoms with Crippen molar-refractivity contribution in [3.63, 3.8) is 0 Å². The van der Waals surface area contributed by atoms with Gasteiger partial charge in [0.1, 0.15) is 5.78 Å². The zero-order valence-corrected chi connectivity index (χ0v) is 10.8. The largest absolute Gasteiger partial charge is 0.390 e. The van der Waals surface area contributed by atoms with E-state index in [0.29, 0.717) is 12.8 Å². The molecule has 0 spiro atoms. The topological polar surface area (TPSA) is 57.5 Å². The number of hydrogen-bond acceptors (Lipinski definition) is 3. The van der Waals surface area contributed by atoms with E-state index in [2.05, 4.69) is 0 Å². The number of carbonyl (C=O) groups excluding carboxylic acids is 1. The first-order valence-corrected chi connectivity index (χ1v) is 5.79. The average molecular weight is 228 g/mol. The summed E-state index contributed by atoms with van der Waals surface area (Å²) >= 11 is 0. The minimum absolute atomic E-state index is 0.195. The normalized spacial score (nSPS) is 15.0. The summed E-state index contributed by atoms with van der Waals surface area (Å²) in [6.07, 6.45) is 3.96. The van der Waals surface area contributed by atoms with Gasteiger partial charge in [0.2, 0.25) is 0 Å². The van der Waals surface area contributed by atoms with E-state index in [1.165, 1.54) is 0 Å². The molecule has 0 aliphatic heterocycles. The van der Waals surface area contributed by atoms with Crippen LogP contribution in [0.25, 0.3) is 0 Å². The molecule has 0 aromatic heterocycles. The summed E-state index contributed by atoms with van der Waals surface area (Å²) in [6.45, 7) is 6.78. The van der Waals surface area contributed by atoms with Crippen molar-refractivity contribution in [2.75, 3.05) is 0 Å². The summed E-state index contributed by atoms with van der Waals surface area (Å²) < 4.78 is 0. The first-order valence-electron chi connectivity index (χ1n) is 5.79. The lowest BCUT2D eigenvalue weighted by Gasteiger charge is -2.24. The lowest BCUT2D eigenvalue weighted by atomic mass is 9.95. The Morgan fingerprint density at radius 2 is 1.88 bits per heavy atom. The minimum atomic E-state index is -1.04. The van der Waals surface area contributed by atoms with Gasteiger partial charge in [-0.2, -0.15) is 0 Å². The highest BCUT2D eigenvalue weighted by Crippen LogP contribution is 2.16. The molecule has 0 heterocycles. The standard InChI is InChI=1S/C13H24O3/c1-10(6-5-7-11(2)14)8-9-12(15)13(3,4)16/h6,12,15-16H,5,7-9H2,1-4H3/b10-6+. The zero-order valence-electron chi connectivity index (χ0n) is 10.8. The van der Waals surface area contributed by atoms with Crippen LogP contribution in [0, 0.1) is 0 Å². The molecule has 0 saturated carbocycles. The summed E-state index contributed by atoms with van der Waals surface area (Å²) in [6, 6.07) is 0. The molecular formula is C13H24O3. The predicted molar refractivity (Wildman–Crippen MR) is 65.2 cm³/mol. The van der Waals surface area contributed by atoms with E-state index in [1.54, 1.807) is 20.8 Å². The highest BCUT2D eigenvalue weighted by molar-refractivity contribution is 5.75. The molecule has 1 unspecified atom stereocenters. The highest BCUT2D eigenvalue weighted by Gasteiger charge is 2.23. The first-order chi connectivity index (χ1) is 7.23. The number of ketones is 1.